The molecule has 3 N–H and O–H groups in total. The van der Waals surface area contributed by atoms with Gasteiger partial charge in [0.25, 0.3) is 0 Å². The first-order chi connectivity index (χ1) is 5.29. The summed E-state index contributed by atoms with van der Waals surface area (Å²) in [5.74, 6) is 1.66. The third-order valence-electron chi connectivity index (χ3n) is 2.42. The Hall–Kier alpha value is -0.440. The molecule has 0 saturated carbocycles. The third kappa shape index (κ3) is 1.07. The molecule has 0 aromatic carbocycles. The van der Waals surface area contributed by atoms with Gasteiger partial charge in [0.15, 0.2) is 0 Å². The second kappa shape index (κ2) is 2.55. The normalized spacial score (nSPS) is 36.7. The first-order valence-corrected chi connectivity index (χ1v) is 4.98. The van der Waals surface area contributed by atoms with E-state index in [1.54, 1.807) is 0 Å². The zero-order valence-corrected chi connectivity index (χ0v) is 7.16. The highest BCUT2D eigenvalue weighted by Gasteiger charge is 2.34. The Kier molecular flexibility index (Phi) is 1.68. The lowest BCUT2D eigenvalue weighted by atomic mass is 9.89. The van der Waals surface area contributed by atoms with Crippen molar-refractivity contribution >= 4 is 17.5 Å². The largest absolute Gasteiger partial charge is 0.402 e. The van der Waals surface area contributed by atoms with Gasteiger partial charge >= 0.3 is 0 Å². The molecule has 2 atom stereocenters. The van der Waals surface area contributed by atoms with Crippen LogP contribution in [0.25, 0.3) is 0 Å². The zero-order valence-electron chi connectivity index (χ0n) is 6.34. The maximum atomic E-state index is 7.69. The van der Waals surface area contributed by atoms with Crippen molar-refractivity contribution in [1.82, 2.24) is 0 Å². The van der Waals surface area contributed by atoms with Gasteiger partial charge < -0.3 is 11.1 Å². The average Bonchev–Trinajstić information content (AvgIpc) is 2.45. The van der Waals surface area contributed by atoms with Crippen LogP contribution in [-0.2, 0) is 0 Å². The van der Waals surface area contributed by atoms with Crippen molar-refractivity contribution in [1.29, 1.82) is 5.41 Å². The Bertz CT molecular complexity index is 222. The lowest BCUT2D eigenvalue weighted by Gasteiger charge is -2.24. The summed E-state index contributed by atoms with van der Waals surface area (Å²) >= 11 is 1.89. The van der Waals surface area contributed by atoms with Gasteiger partial charge in [0.1, 0.15) is 0 Å². The molecule has 2 nitrogen and oxygen atoms in total. The summed E-state index contributed by atoms with van der Waals surface area (Å²) in [6.45, 7) is 0. The fraction of sp³-hybridized carbons (Fsp3) is 0.625. The summed E-state index contributed by atoms with van der Waals surface area (Å²) in [4.78, 5) is 0. The molecule has 1 fully saturated rings. The minimum atomic E-state index is 0.417. The van der Waals surface area contributed by atoms with E-state index in [0.717, 1.165) is 17.8 Å². The Labute approximate surface area is 70.7 Å². The molecule has 1 aliphatic carbocycles. The quantitative estimate of drug-likeness (QED) is 0.574. The molecule has 0 amide bonds. The number of rotatable bonds is 0. The molecule has 0 aromatic heterocycles. The summed E-state index contributed by atoms with van der Waals surface area (Å²) in [5.41, 5.74) is 7.72. The maximum absolute atomic E-state index is 7.69. The minimum Gasteiger partial charge on any atom is -0.402 e. The van der Waals surface area contributed by atoms with E-state index in [1.165, 1.54) is 12.2 Å². The summed E-state index contributed by atoms with van der Waals surface area (Å²) in [6, 6.07) is 0. The fourth-order valence-electron chi connectivity index (χ4n) is 1.77. The second-order valence-corrected chi connectivity index (χ2v) is 4.37. The van der Waals surface area contributed by atoms with Gasteiger partial charge in [0, 0.05) is 23.7 Å². The lowest BCUT2D eigenvalue weighted by molar-refractivity contribution is 0.634. The first-order valence-electron chi connectivity index (χ1n) is 3.93. The van der Waals surface area contributed by atoms with Crippen molar-refractivity contribution in [3.05, 3.63) is 11.8 Å². The molecule has 0 bridgehead atoms. The molecule has 2 unspecified atom stereocenters. The molecular weight excluding hydrogens is 156 g/mol. The molecule has 3 heteroatoms. The van der Waals surface area contributed by atoms with Crippen LogP contribution in [0.5, 0.6) is 0 Å². The van der Waals surface area contributed by atoms with Crippen LogP contribution >= 0.6 is 11.8 Å². The van der Waals surface area contributed by atoms with Crippen LogP contribution in [0.2, 0.25) is 0 Å². The number of fused-ring (bicyclic) bond motifs is 1. The van der Waals surface area contributed by atoms with Crippen LogP contribution < -0.4 is 5.73 Å². The number of nitrogens with two attached hydrogens (primary N) is 1. The monoisotopic (exact) mass is 168 g/mol. The number of thioether (sulfide) groups is 1. The molecule has 0 radical (unpaired) electrons. The molecule has 11 heavy (non-hydrogen) atoms. The highest BCUT2D eigenvalue weighted by atomic mass is 32.2. The van der Waals surface area contributed by atoms with E-state index in [4.69, 9.17) is 11.1 Å². The van der Waals surface area contributed by atoms with Crippen molar-refractivity contribution < 1.29 is 0 Å². The topological polar surface area (TPSA) is 49.9 Å². The van der Waals surface area contributed by atoms with E-state index >= 15 is 0 Å². The summed E-state index contributed by atoms with van der Waals surface area (Å²) in [6.07, 6.45) is 3.95. The van der Waals surface area contributed by atoms with Gasteiger partial charge in [-0.25, -0.2) is 0 Å². The van der Waals surface area contributed by atoms with Crippen LogP contribution in [0.1, 0.15) is 12.8 Å². The first kappa shape index (κ1) is 7.22. The van der Waals surface area contributed by atoms with E-state index in [-0.39, 0.29) is 0 Å². The summed E-state index contributed by atoms with van der Waals surface area (Å²) < 4.78 is 0. The van der Waals surface area contributed by atoms with Crippen molar-refractivity contribution in [3.8, 4) is 0 Å². The highest BCUT2D eigenvalue weighted by Crippen LogP contribution is 2.39. The zero-order chi connectivity index (χ0) is 7.84. The van der Waals surface area contributed by atoms with Crippen molar-refractivity contribution in [2.24, 2.45) is 11.7 Å². The van der Waals surface area contributed by atoms with E-state index < -0.39 is 0 Å². The Morgan fingerprint density at radius 2 is 2.45 bits per heavy atom. The highest BCUT2D eigenvalue weighted by molar-refractivity contribution is 8.00. The Morgan fingerprint density at radius 1 is 1.64 bits per heavy atom. The van der Waals surface area contributed by atoms with Crippen LogP contribution in [0.15, 0.2) is 11.8 Å². The number of nitrogens with one attached hydrogen (secondary N) is 1. The van der Waals surface area contributed by atoms with Crippen LogP contribution in [-0.4, -0.2) is 16.7 Å². The fourth-order valence-corrected chi connectivity index (χ4v) is 3.24. The average molecular weight is 168 g/mol. The van der Waals surface area contributed by atoms with Crippen molar-refractivity contribution in [3.63, 3.8) is 0 Å². The molecule has 1 saturated heterocycles. The number of allylic oxidation sites excluding steroid dienone is 2. The molecule has 60 valence electrons. The standard InChI is InChI=1S/C8H12N2S/c9-6-1-2-7(10)8-5(6)3-4-11-8/h1,5,8,10H,2-4,9H2. The summed E-state index contributed by atoms with van der Waals surface area (Å²) in [7, 11) is 0. The van der Waals surface area contributed by atoms with Gasteiger partial charge in [-0.15, -0.1) is 0 Å². The second-order valence-electron chi connectivity index (χ2n) is 3.12. The molecule has 0 spiro atoms. The molecule has 2 rings (SSSR count). The van der Waals surface area contributed by atoms with Crippen molar-refractivity contribution in [2.45, 2.75) is 18.1 Å². The molecular formula is C8H12N2S. The predicted molar refractivity (Wildman–Crippen MR) is 49.0 cm³/mol. The number of hydrogen-bond acceptors (Lipinski definition) is 3. The SMILES string of the molecule is N=C1CC=C(N)C2CCSC12. The van der Waals surface area contributed by atoms with Gasteiger partial charge in [0.2, 0.25) is 0 Å². The summed E-state index contributed by atoms with van der Waals surface area (Å²) in [5, 5.41) is 8.10. The molecule has 2 aliphatic rings. The van der Waals surface area contributed by atoms with E-state index in [0.29, 0.717) is 11.2 Å². The molecule has 0 aromatic rings. The van der Waals surface area contributed by atoms with Gasteiger partial charge in [-0.3, -0.25) is 0 Å². The maximum Gasteiger partial charge on any atom is 0.0509 e. The lowest BCUT2D eigenvalue weighted by Crippen LogP contribution is -2.30. The smallest absolute Gasteiger partial charge is 0.0509 e. The molecule has 1 heterocycles. The Morgan fingerprint density at radius 3 is 3.18 bits per heavy atom. The third-order valence-corrected chi connectivity index (χ3v) is 3.86. The van der Waals surface area contributed by atoms with Crippen molar-refractivity contribution in [2.75, 3.05) is 5.75 Å². The van der Waals surface area contributed by atoms with Gasteiger partial charge in [-0.1, -0.05) is 6.08 Å². The number of hydrogen-bond donors (Lipinski definition) is 2. The Balaban J connectivity index is 2.27. The van der Waals surface area contributed by atoms with Crippen LogP contribution in [0, 0.1) is 11.3 Å². The van der Waals surface area contributed by atoms with Gasteiger partial charge in [0.05, 0.1) is 5.25 Å². The predicted octanol–water partition coefficient (Wildman–Crippen LogP) is 1.37. The van der Waals surface area contributed by atoms with E-state index in [1.807, 2.05) is 17.8 Å². The van der Waals surface area contributed by atoms with Gasteiger partial charge in [-0.05, 0) is 12.2 Å². The minimum absolute atomic E-state index is 0.417. The van der Waals surface area contributed by atoms with Crippen LogP contribution in [0.3, 0.4) is 0 Å². The van der Waals surface area contributed by atoms with E-state index in [2.05, 4.69) is 0 Å². The van der Waals surface area contributed by atoms with E-state index in [9.17, 15) is 0 Å². The molecule has 1 aliphatic heterocycles. The van der Waals surface area contributed by atoms with Crippen LogP contribution in [0.4, 0.5) is 0 Å². The van der Waals surface area contributed by atoms with Gasteiger partial charge in [-0.2, -0.15) is 11.8 Å².